The van der Waals surface area contributed by atoms with E-state index in [0.29, 0.717) is 11.4 Å². The van der Waals surface area contributed by atoms with Gasteiger partial charge < -0.3 is 0 Å². The van der Waals surface area contributed by atoms with Gasteiger partial charge in [0.1, 0.15) is 0 Å². The molecule has 0 atom stereocenters. The second-order valence-corrected chi connectivity index (χ2v) is 3.76. The first-order valence-electron chi connectivity index (χ1n) is 5.38. The number of aryl methyl sites for hydroxylation is 1. The third-order valence-electron chi connectivity index (χ3n) is 2.43. The van der Waals surface area contributed by atoms with E-state index in [1.54, 1.807) is 6.07 Å². The van der Waals surface area contributed by atoms with Crippen LogP contribution >= 0.6 is 0 Å². The summed E-state index contributed by atoms with van der Waals surface area (Å²) in [7, 11) is 0. The van der Waals surface area contributed by atoms with Gasteiger partial charge in [0.15, 0.2) is 0 Å². The van der Waals surface area contributed by atoms with Crippen molar-refractivity contribution in [2.45, 2.75) is 6.92 Å². The van der Waals surface area contributed by atoms with Gasteiger partial charge in [0, 0.05) is 12.1 Å². The molecule has 0 N–H and O–H groups in total. The van der Waals surface area contributed by atoms with Crippen LogP contribution in [0.1, 0.15) is 5.56 Å². The van der Waals surface area contributed by atoms with Crippen LogP contribution in [0.3, 0.4) is 0 Å². The largest absolute Gasteiger partial charge is 0.271 e. The van der Waals surface area contributed by atoms with E-state index < -0.39 is 4.92 Å². The summed E-state index contributed by atoms with van der Waals surface area (Å²) in [5, 5.41) is 18.8. The van der Waals surface area contributed by atoms with E-state index in [1.807, 2.05) is 37.3 Å². The Bertz CT molecular complexity index is 594. The van der Waals surface area contributed by atoms with E-state index in [-0.39, 0.29) is 5.69 Å². The molecule has 2 rings (SSSR count). The highest BCUT2D eigenvalue weighted by molar-refractivity contribution is 5.52. The summed E-state index contributed by atoms with van der Waals surface area (Å²) in [6, 6.07) is 13.8. The SMILES string of the molecule is Cc1ccc([N+](=O)[O-])cc1/N=N/c1ccccc1. The number of hydrogen-bond acceptors (Lipinski definition) is 4. The molecule has 0 saturated carbocycles. The van der Waals surface area contributed by atoms with Crippen molar-refractivity contribution < 1.29 is 4.92 Å². The smallest absolute Gasteiger partial charge is 0.258 e. The molecule has 0 radical (unpaired) electrons. The van der Waals surface area contributed by atoms with Crippen molar-refractivity contribution >= 4 is 17.1 Å². The third kappa shape index (κ3) is 2.76. The molecule has 0 aliphatic heterocycles. The molecule has 2 aromatic rings. The predicted molar refractivity (Wildman–Crippen MR) is 68.5 cm³/mol. The molecule has 0 aliphatic rings. The Labute approximate surface area is 104 Å². The minimum absolute atomic E-state index is 0.0163. The molecule has 0 bridgehead atoms. The molecule has 18 heavy (non-hydrogen) atoms. The van der Waals surface area contributed by atoms with Gasteiger partial charge in [-0.3, -0.25) is 10.1 Å². The fourth-order valence-corrected chi connectivity index (χ4v) is 1.43. The highest BCUT2D eigenvalue weighted by Gasteiger charge is 2.07. The first-order chi connectivity index (χ1) is 8.66. The molecule has 0 aromatic heterocycles. The highest BCUT2D eigenvalue weighted by atomic mass is 16.6. The summed E-state index contributed by atoms with van der Waals surface area (Å²) >= 11 is 0. The molecule has 5 nitrogen and oxygen atoms in total. The molecule has 0 saturated heterocycles. The monoisotopic (exact) mass is 241 g/mol. The third-order valence-corrected chi connectivity index (χ3v) is 2.43. The second kappa shape index (κ2) is 5.18. The fraction of sp³-hybridized carbons (Fsp3) is 0.0769. The van der Waals surface area contributed by atoms with Crippen LogP contribution in [0.5, 0.6) is 0 Å². The molecule has 5 heteroatoms. The average molecular weight is 241 g/mol. The van der Waals surface area contributed by atoms with Crippen molar-refractivity contribution in [2.24, 2.45) is 10.2 Å². The van der Waals surface area contributed by atoms with E-state index in [9.17, 15) is 10.1 Å². The molecular weight excluding hydrogens is 230 g/mol. The van der Waals surface area contributed by atoms with Crippen molar-refractivity contribution in [1.29, 1.82) is 0 Å². The molecule has 2 aromatic carbocycles. The molecule has 0 unspecified atom stereocenters. The van der Waals surface area contributed by atoms with E-state index >= 15 is 0 Å². The first kappa shape index (κ1) is 11.9. The zero-order chi connectivity index (χ0) is 13.0. The number of benzene rings is 2. The van der Waals surface area contributed by atoms with Gasteiger partial charge in [-0.2, -0.15) is 10.2 Å². The van der Waals surface area contributed by atoms with Crippen molar-refractivity contribution in [3.05, 3.63) is 64.2 Å². The van der Waals surface area contributed by atoms with Gasteiger partial charge in [-0.15, -0.1) is 0 Å². The molecule has 0 spiro atoms. The number of non-ortho nitro benzene ring substituents is 1. The lowest BCUT2D eigenvalue weighted by atomic mass is 10.2. The summed E-state index contributed by atoms with van der Waals surface area (Å²) < 4.78 is 0. The minimum atomic E-state index is -0.443. The Kier molecular flexibility index (Phi) is 3.43. The maximum absolute atomic E-state index is 10.7. The molecular formula is C13H11N3O2. The summed E-state index contributed by atoms with van der Waals surface area (Å²) in [6.45, 7) is 1.84. The topological polar surface area (TPSA) is 67.9 Å². The molecule has 0 amide bonds. The number of nitro groups is 1. The van der Waals surface area contributed by atoms with E-state index in [4.69, 9.17) is 0 Å². The number of hydrogen-bond donors (Lipinski definition) is 0. The van der Waals surface area contributed by atoms with Gasteiger partial charge >= 0.3 is 0 Å². The van der Waals surface area contributed by atoms with Crippen molar-refractivity contribution in [1.82, 2.24) is 0 Å². The van der Waals surface area contributed by atoms with Crippen LogP contribution in [0.15, 0.2) is 58.8 Å². The van der Waals surface area contributed by atoms with Gasteiger partial charge in [0.25, 0.3) is 5.69 Å². The van der Waals surface area contributed by atoms with Crippen LogP contribution in [0, 0.1) is 17.0 Å². The predicted octanol–water partition coefficient (Wildman–Crippen LogP) is 4.32. The van der Waals surface area contributed by atoms with Crippen LogP contribution in [0.25, 0.3) is 0 Å². The Hall–Kier alpha value is -2.56. The highest BCUT2D eigenvalue weighted by Crippen LogP contribution is 2.26. The zero-order valence-corrected chi connectivity index (χ0v) is 9.78. The molecule has 0 heterocycles. The lowest BCUT2D eigenvalue weighted by Gasteiger charge is -1.98. The number of nitro benzene ring substituents is 1. The second-order valence-electron chi connectivity index (χ2n) is 3.76. The Morgan fingerprint density at radius 3 is 2.44 bits per heavy atom. The Morgan fingerprint density at radius 2 is 1.78 bits per heavy atom. The van der Waals surface area contributed by atoms with Crippen LogP contribution in [0.4, 0.5) is 17.1 Å². The Morgan fingerprint density at radius 1 is 1.06 bits per heavy atom. The quantitative estimate of drug-likeness (QED) is 0.456. The van der Waals surface area contributed by atoms with E-state index in [1.165, 1.54) is 12.1 Å². The normalized spacial score (nSPS) is 10.7. The number of nitrogens with zero attached hydrogens (tertiary/aromatic N) is 3. The average Bonchev–Trinajstić information content (AvgIpc) is 2.38. The standard InChI is InChI=1S/C13H11N3O2/c1-10-7-8-12(16(17)18)9-13(10)15-14-11-5-3-2-4-6-11/h2-9H,1H3/b15-14+. The van der Waals surface area contributed by atoms with Crippen molar-refractivity contribution in [3.63, 3.8) is 0 Å². The lowest BCUT2D eigenvalue weighted by molar-refractivity contribution is -0.384. The summed E-state index contributed by atoms with van der Waals surface area (Å²) in [5.41, 5.74) is 2.08. The van der Waals surface area contributed by atoms with Gasteiger partial charge in [-0.05, 0) is 24.6 Å². The maximum atomic E-state index is 10.7. The van der Waals surface area contributed by atoms with E-state index in [0.717, 1.165) is 5.56 Å². The van der Waals surface area contributed by atoms with Gasteiger partial charge in [-0.25, -0.2) is 0 Å². The zero-order valence-electron chi connectivity index (χ0n) is 9.78. The van der Waals surface area contributed by atoms with Crippen molar-refractivity contribution in [2.75, 3.05) is 0 Å². The molecule has 90 valence electrons. The summed E-state index contributed by atoms with van der Waals surface area (Å²) in [6.07, 6.45) is 0. The number of azo groups is 1. The lowest BCUT2D eigenvalue weighted by Crippen LogP contribution is -1.87. The maximum Gasteiger partial charge on any atom is 0.271 e. The summed E-state index contributed by atoms with van der Waals surface area (Å²) in [5.74, 6) is 0. The van der Waals surface area contributed by atoms with Crippen LogP contribution < -0.4 is 0 Å². The van der Waals surface area contributed by atoms with Crippen molar-refractivity contribution in [3.8, 4) is 0 Å². The van der Waals surface area contributed by atoms with E-state index in [2.05, 4.69) is 10.2 Å². The van der Waals surface area contributed by atoms with Crippen LogP contribution in [-0.4, -0.2) is 4.92 Å². The molecule has 0 fully saturated rings. The fourth-order valence-electron chi connectivity index (χ4n) is 1.43. The minimum Gasteiger partial charge on any atom is -0.258 e. The Balaban J connectivity index is 2.31. The van der Waals surface area contributed by atoms with Gasteiger partial charge in [0.05, 0.1) is 16.3 Å². The summed E-state index contributed by atoms with van der Waals surface area (Å²) in [4.78, 5) is 10.2. The molecule has 0 aliphatic carbocycles. The van der Waals surface area contributed by atoms with Gasteiger partial charge in [-0.1, -0.05) is 24.3 Å². The first-order valence-corrected chi connectivity index (χ1v) is 5.38. The van der Waals surface area contributed by atoms with Gasteiger partial charge in [0.2, 0.25) is 0 Å². The number of rotatable bonds is 3. The van der Waals surface area contributed by atoms with Crippen LogP contribution in [0.2, 0.25) is 0 Å². The van der Waals surface area contributed by atoms with Crippen LogP contribution in [-0.2, 0) is 0 Å².